The van der Waals surface area contributed by atoms with Gasteiger partial charge < -0.3 is 4.52 Å². The van der Waals surface area contributed by atoms with Crippen LogP contribution in [-0.4, -0.2) is 11.8 Å². The maximum atomic E-state index is 5.42. The highest BCUT2D eigenvalue weighted by Gasteiger charge is 2.22. The Morgan fingerprint density at radius 1 is 1.38 bits per heavy atom. The summed E-state index contributed by atoms with van der Waals surface area (Å²) in [5, 5.41) is 0. The molecule has 0 aromatic carbocycles. The Morgan fingerprint density at radius 3 is 2.50 bits per heavy atom. The lowest BCUT2D eigenvalue weighted by Crippen LogP contribution is -2.20. The van der Waals surface area contributed by atoms with Crippen molar-refractivity contribution in [3.05, 3.63) is 12.2 Å². The zero-order valence-electron chi connectivity index (χ0n) is 4.63. The summed E-state index contributed by atoms with van der Waals surface area (Å²) in [7, 11) is 0.756. The third kappa shape index (κ3) is 0.705. The van der Waals surface area contributed by atoms with E-state index in [4.69, 9.17) is 4.52 Å². The van der Waals surface area contributed by atoms with Crippen molar-refractivity contribution < 1.29 is 4.52 Å². The van der Waals surface area contributed by atoms with Crippen LogP contribution >= 0.6 is 8.81 Å². The molecule has 8 heavy (non-hydrogen) atoms. The Hall–Kier alpha value is 0.130. The molecule has 0 saturated carbocycles. The quantitative estimate of drug-likeness (QED) is 0.356. The molecule has 3 rings (SSSR count). The molecule has 0 amide bonds. The molecule has 2 bridgehead atoms. The molecule has 0 aromatic heterocycles. The van der Waals surface area contributed by atoms with E-state index in [1.807, 2.05) is 0 Å². The molecule has 0 spiro atoms. The van der Waals surface area contributed by atoms with Gasteiger partial charge in [0.15, 0.2) is 0 Å². The standard InChI is InChI=1S/C6H9OP/c1-3-6-4-2-5(1)7-8-6/h1,3,5-6,8H,2,4H2. The van der Waals surface area contributed by atoms with Crippen LogP contribution in [0.4, 0.5) is 0 Å². The van der Waals surface area contributed by atoms with Gasteiger partial charge in [0.05, 0.1) is 6.10 Å². The van der Waals surface area contributed by atoms with Gasteiger partial charge >= 0.3 is 0 Å². The minimum Gasteiger partial charge on any atom is -0.355 e. The second-order valence-corrected chi connectivity index (χ2v) is 3.56. The minimum absolute atomic E-state index is 0.485. The van der Waals surface area contributed by atoms with Crippen LogP contribution in [0.1, 0.15) is 12.8 Å². The van der Waals surface area contributed by atoms with Crippen LogP contribution in [0.25, 0.3) is 0 Å². The lowest BCUT2D eigenvalue weighted by Gasteiger charge is -2.29. The minimum atomic E-state index is 0.485. The normalized spacial score (nSPS) is 46.0. The number of allylic oxidation sites excluding steroid dienone is 1. The molecular weight excluding hydrogens is 119 g/mol. The average molecular weight is 128 g/mol. The van der Waals surface area contributed by atoms with Gasteiger partial charge in [-0.3, -0.25) is 0 Å². The van der Waals surface area contributed by atoms with Gasteiger partial charge in [-0.25, -0.2) is 0 Å². The molecule has 2 aliphatic heterocycles. The average Bonchev–Trinajstić information content (AvgIpc) is 1.92. The summed E-state index contributed by atoms with van der Waals surface area (Å²) in [6, 6.07) is 0. The number of hydrogen-bond donors (Lipinski definition) is 0. The maximum Gasteiger partial charge on any atom is 0.0795 e. The summed E-state index contributed by atoms with van der Waals surface area (Å²) < 4.78 is 5.42. The van der Waals surface area contributed by atoms with Gasteiger partial charge in [-0.05, 0) is 12.8 Å². The molecule has 0 N–H and O–H groups in total. The Morgan fingerprint density at radius 2 is 2.38 bits per heavy atom. The molecule has 3 aliphatic rings. The van der Waals surface area contributed by atoms with Crippen molar-refractivity contribution in [3.8, 4) is 0 Å². The molecular formula is C6H9OP. The van der Waals surface area contributed by atoms with Crippen molar-refractivity contribution >= 4 is 8.81 Å². The van der Waals surface area contributed by atoms with Crippen molar-refractivity contribution in [2.75, 3.05) is 0 Å². The largest absolute Gasteiger partial charge is 0.355 e. The molecule has 1 saturated heterocycles. The van der Waals surface area contributed by atoms with Crippen molar-refractivity contribution in [2.24, 2.45) is 0 Å². The molecule has 1 aliphatic carbocycles. The summed E-state index contributed by atoms with van der Waals surface area (Å²) in [6.07, 6.45) is 7.60. The first-order valence-corrected chi connectivity index (χ1v) is 4.03. The van der Waals surface area contributed by atoms with E-state index in [2.05, 4.69) is 12.2 Å². The molecule has 1 nitrogen and oxygen atoms in total. The highest BCUT2D eigenvalue weighted by atomic mass is 31.1. The fourth-order valence-corrected chi connectivity index (χ4v) is 2.19. The lowest BCUT2D eigenvalue weighted by atomic mass is 10.1. The molecule has 44 valence electrons. The van der Waals surface area contributed by atoms with E-state index >= 15 is 0 Å². The zero-order chi connectivity index (χ0) is 5.40. The molecule has 3 unspecified atom stereocenters. The predicted octanol–water partition coefficient (Wildman–Crippen LogP) is 1.70. The summed E-state index contributed by atoms with van der Waals surface area (Å²) in [5.41, 5.74) is 0.778. The van der Waals surface area contributed by atoms with Gasteiger partial charge in [-0.2, -0.15) is 0 Å². The smallest absolute Gasteiger partial charge is 0.0795 e. The van der Waals surface area contributed by atoms with E-state index in [1.165, 1.54) is 12.8 Å². The third-order valence-electron chi connectivity index (χ3n) is 1.69. The van der Waals surface area contributed by atoms with Crippen LogP contribution in [0.5, 0.6) is 0 Å². The van der Waals surface area contributed by atoms with Crippen molar-refractivity contribution in [2.45, 2.75) is 24.6 Å². The van der Waals surface area contributed by atoms with E-state index in [0.717, 1.165) is 14.5 Å². The van der Waals surface area contributed by atoms with Crippen molar-refractivity contribution in [1.82, 2.24) is 0 Å². The SMILES string of the molecule is C1=CC2CCC1OP2. The maximum absolute atomic E-state index is 5.42. The van der Waals surface area contributed by atoms with E-state index < -0.39 is 0 Å². The lowest BCUT2D eigenvalue weighted by molar-refractivity contribution is 0.239. The van der Waals surface area contributed by atoms with E-state index in [-0.39, 0.29) is 0 Å². The summed E-state index contributed by atoms with van der Waals surface area (Å²) in [4.78, 5) is 0. The second-order valence-electron chi connectivity index (χ2n) is 2.34. The highest BCUT2D eigenvalue weighted by Crippen LogP contribution is 2.38. The molecule has 0 aromatic rings. The molecule has 1 fully saturated rings. The first-order chi connectivity index (χ1) is 3.95. The topological polar surface area (TPSA) is 9.23 Å². The van der Waals surface area contributed by atoms with Crippen LogP contribution in [0.15, 0.2) is 12.2 Å². The van der Waals surface area contributed by atoms with Crippen LogP contribution < -0.4 is 0 Å². The molecule has 3 atom stereocenters. The molecule has 0 radical (unpaired) electrons. The highest BCUT2D eigenvalue weighted by molar-refractivity contribution is 7.33. The van der Waals surface area contributed by atoms with Crippen molar-refractivity contribution in [1.29, 1.82) is 0 Å². The number of rotatable bonds is 0. The van der Waals surface area contributed by atoms with Gasteiger partial charge in [0.2, 0.25) is 0 Å². The first kappa shape index (κ1) is 4.96. The van der Waals surface area contributed by atoms with E-state index in [9.17, 15) is 0 Å². The van der Waals surface area contributed by atoms with Crippen molar-refractivity contribution in [3.63, 3.8) is 0 Å². The van der Waals surface area contributed by atoms with Gasteiger partial charge in [0.1, 0.15) is 0 Å². The van der Waals surface area contributed by atoms with E-state index in [0.29, 0.717) is 6.10 Å². The van der Waals surface area contributed by atoms with Gasteiger partial charge in [-0.15, -0.1) is 0 Å². The Kier molecular flexibility index (Phi) is 1.13. The Balaban J connectivity index is 2.20. The van der Waals surface area contributed by atoms with Gasteiger partial charge in [0, 0.05) is 14.5 Å². The van der Waals surface area contributed by atoms with Gasteiger partial charge in [0.25, 0.3) is 0 Å². The molecule has 2 heteroatoms. The zero-order valence-corrected chi connectivity index (χ0v) is 5.63. The fourth-order valence-electron chi connectivity index (χ4n) is 1.17. The van der Waals surface area contributed by atoms with Crippen LogP contribution in [0.3, 0.4) is 0 Å². The van der Waals surface area contributed by atoms with Gasteiger partial charge in [-0.1, -0.05) is 12.2 Å². The monoisotopic (exact) mass is 128 g/mol. The predicted molar refractivity (Wildman–Crippen MR) is 35.4 cm³/mol. The summed E-state index contributed by atoms with van der Waals surface area (Å²) in [5.74, 6) is 0. The van der Waals surface area contributed by atoms with E-state index in [1.54, 1.807) is 0 Å². The van der Waals surface area contributed by atoms with Crippen LogP contribution in [0, 0.1) is 0 Å². The Bertz CT molecular complexity index is 99.7. The third-order valence-corrected chi connectivity index (χ3v) is 2.91. The second kappa shape index (κ2) is 1.82. The molecule has 2 heterocycles. The Labute approximate surface area is 51.0 Å². The fraction of sp³-hybridized carbons (Fsp3) is 0.667. The summed E-state index contributed by atoms with van der Waals surface area (Å²) in [6.45, 7) is 0. The summed E-state index contributed by atoms with van der Waals surface area (Å²) >= 11 is 0. The number of hydrogen-bond acceptors (Lipinski definition) is 1. The van der Waals surface area contributed by atoms with Crippen LogP contribution in [0.2, 0.25) is 0 Å². The number of fused-ring (bicyclic) bond motifs is 2. The van der Waals surface area contributed by atoms with Crippen LogP contribution in [-0.2, 0) is 4.52 Å². The first-order valence-electron chi connectivity index (χ1n) is 3.04.